The third-order valence-corrected chi connectivity index (χ3v) is 6.71. The third-order valence-electron chi connectivity index (χ3n) is 3.99. The lowest BCUT2D eigenvalue weighted by atomic mass is 9.95. The molecule has 2 rings (SSSR count). The molecule has 1 aliphatic heterocycles. The molecule has 0 atom stereocenters. The van der Waals surface area contributed by atoms with Crippen LogP contribution in [0.4, 0.5) is 4.39 Å². The van der Waals surface area contributed by atoms with Crippen LogP contribution in [0.25, 0.3) is 0 Å². The van der Waals surface area contributed by atoms with Crippen molar-refractivity contribution in [3.8, 4) is 0 Å². The second-order valence-corrected chi connectivity index (χ2v) is 8.10. The molecule has 0 unspecified atom stereocenters. The summed E-state index contributed by atoms with van der Waals surface area (Å²) in [6.45, 7) is 1.78. The van der Waals surface area contributed by atoms with Crippen LogP contribution in [0.15, 0.2) is 17.0 Å². The Balaban J connectivity index is 0.00000264. The van der Waals surface area contributed by atoms with Crippen LogP contribution in [0.5, 0.6) is 0 Å². The third kappa shape index (κ3) is 4.71. The van der Waals surface area contributed by atoms with E-state index < -0.39 is 20.9 Å². The lowest BCUT2D eigenvalue weighted by Gasteiger charge is -2.31. The molecule has 1 saturated heterocycles. The molecule has 9 heteroatoms. The van der Waals surface area contributed by atoms with Gasteiger partial charge in [-0.1, -0.05) is 23.2 Å². The molecule has 1 N–H and O–H groups in total. The van der Waals surface area contributed by atoms with Crippen LogP contribution >= 0.6 is 35.6 Å². The van der Waals surface area contributed by atoms with Crippen molar-refractivity contribution in [2.45, 2.75) is 24.2 Å². The molecule has 1 aromatic rings. The summed E-state index contributed by atoms with van der Waals surface area (Å²) in [5.41, 5.74) is 0. The van der Waals surface area contributed by atoms with E-state index in [9.17, 15) is 12.8 Å². The smallest absolute Gasteiger partial charge is 0.244 e. The maximum absolute atomic E-state index is 13.7. The Bertz CT molecular complexity index is 635. The maximum Gasteiger partial charge on any atom is 0.244 e. The van der Waals surface area contributed by atoms with Gasteiger partial charge in [0.05, 0.1) is 10.0 Å². The van der Waals surface area contributed by atoms with E-state index in [2.05, 4.69) is 5.32 Å². The topological polar surface area (TPSA) is 49.4 Å². The second kappa shape index (κ2) is 8.83. The number of nitrogens with one attached hydrogen (secondary N) is 1. The number of hydrogen-bond donors (Lipinski definition) is 1. The first-order valence-corrected chi connectivity index (χ1v) is 9.35. The van der Waals surface area contributed by atoms with E-state index in [1.54, 1.807) is 0 Å². The molecule has 0 aliphatic carbocycles. The number of benzene rings is 1. The van der Waals surface area contributed by atoms with Gasteiger partial charge < -0.3 is 5.32 Å². The van der Waals surface area contributed by atoms with Crippen molar-refractivity contribution in [3.63, 3.8) is 0 Å². The number of halogens is 4. The zero-order chi connectivity index (χ0) is 16.3. The van der Waals surface area contributed by atoms with Gasteiger partial charge in [-0.3, -0.25) is 0 Å². The minimum atomic E-state index is -3.79. The predicted molar refractivity (Wildman–Crippen MR) is 93.7 cm³/mol. The molecular formula is C14H20Cl3FN2O2S. The van der Waals surface area contributed by atoms with Crippen LogP contribution in [-0.2, 0) is 10.0 Å². The Labute approximate surface area is 152 Å². The zero-order valence-electron chi connectivity index (χ0n) is 12.7. The average molecular weight is 406 g/mol. The number of nitrogens with zero attached hydrogens (tertiary/aromatic N) is 1. The molecule has 0 spiro atoms. The van der Waals surface area contributed by atoms with Gasteiger partial charge in [0, 0.05) is 13.1 Å². The molecule has 0 radical (unpaired) electrons. The van der Waals surface area contributed by atoms with Gasteiger partial charge in [-0.2, -0.15) is 4.31 Å². The minimum absolute atomic E-state index is 0. The summed E-state index contributed by atoms with van der Waals surface area (Å²) in [6.07, 6.45) is 2.63. The van der Waals surface area contributed by atoms with E-state index in [4.69, 9.17) is 23.2 Å². The van der Waals surface area contributed by atoms with Crippen LogP contribution in [-0.4, -0.2) is 39.4 Å². The van der Waals surface area contributed by atoms with Crippen molar-refractivity contribution in [2.75, 3.05) is 26.7 Å². The molecule has 4 nitrogen and oxygen atoms in total. The van der Waals surface area contributed by atoms with E-state index in [1.165, 1.54) is 16.4 Å². The van der Waals surface area contributed by atoms with Gasteiger partial charge in [0.15, 0.2) is 5.82 Å². The van der Waals surface area contributed by atoms with Gasteiger partial charge in [0.1, 0.15) is 4.90 Å². The van der Waals surface area contributed by atoms with Gasteiger partial charge in [-0.25, -0.2) is 12.8 Å². The van der Waals surface area contributed by atoms with Crippen molar-refractivity contribution in [2.24, 2.45) is 5.92 Å². The highest BCUT2D eigenvalue weighted by molar-refractivity contribution is 7.89. The van der Waals surface area contributed by atoms with E-state index >= 15 is 0 Å². The van der Waals surface area contributed by atoms with Gasteiger partial charge in [0.25, 0.3) is 0 Å². The average Bonchev–Trinajstić information content (AvgIpc) is 2.51. The maximum atomic E-state index is 13.7. The number of hydrogen-bond acceptors (Lipinski definition) is 3. The van der Waals surface area contributed by atoms with Gasteiger partial charge in [-0.15, -0.1) is 12.4 Å². The Morgan fingerprint density at radius 3 is 2.48 bits per heavy atom. The van der Waals surface area contributed by atoms with Crippen LogP contribution in [0.1, 0.15) is 19.3 Å². The Kier molecular flexibility index (Phi) is 8.04. The van der Waals surface area contributed by atoms with E-state index in [0.717, 1.165) is 25.8 Å². The summed E-state index contributed by atoms with van der Waals surface area (Å²) in [4.78, 5) is -0.218. The van der Waals surface area contributed by atoms with E-state index in [1.807, 2.05) is 7.05 Å². The quantitative estimate of drug-likeness (QED) is 0.762. The molecule has 0 aromatic heterocycles. The first-order chi connectivity index (χ1) is 10.4. The normalized spacial score (nSPS) is 17.0. The van der Waals surface area contributed by atoms with E-state index in [-0.39, 0.29) is 22.3 Å². The molecule has 1 fully saturated rings. The van der Waals surface area contributed by atoms with Gasteiger partial charge in [-0.05, 0) is 50.9 Å². The first kappa shape index (κ1) is 20.9. The van der Waals surface area contributed by atoms with Crippen molar-refractivity contribution in [1.82, 2.24) is 9.62 Å². The standard InChI is InChI=1S/C14H19Cl2FN2O2S.ClH/c1-18-7-4-10-5-8-19(9-6-10)22(20,21)12-3-2-11(15)14(17)13(12)16;/h2-3,10,18H,4-9H2,1H3;1H. The monoisotopic (exact) mass is 404 g/mol. The summed E-state index contributed by atoms with van der Waals surface area (Å²) in [7, 11) is -1.89. The van der Waals surface area contributed by atoms with Gasteiger partial charge >= 0.3 is 0 Å². The summed E-state index contributed by atoms with van der Waals surface area (Å²) >= 11 is 11.4. The molecule has 0 bridgehead atoms. The highest BCUT2D eigenvalue weighted by Gasteiger charge is 2.31. The van der Waals surface area contributed by atoms with Crippen LogP contribution < -0.4 is 5.32 Å². The Morgan fingerprint density at radius 1 is 1.30 bits per heavy atom. The summed E-state index contributed by atoms with van der Waals surface area (Å²) < 4.78 is 40.3. The minimum Gasteiger partial charge on any atom is -0.320 e. The molecule has 132 valence electrons. The highest BCUT2D eigenvalue weighted by atomic mass is 35.5. The lowest BCUT2D eigenvalue weighted by Crippen LogP contribution is -2.39. The highest BCUT2D eigenvalue weighted by Crippen LogP contribution is 2.33. The summed E-state index contributed by atoms with van der Waals surface area (Å²) in [5.74, 6) is -0.385. The van der Waals surface area contributed by atoms with Gasteiger partial charge in [0.2, 0.25) is 10.0 Å². The second-order valence-electron chi connectivity index (χ2n) is 5.41. The van der Waals surface area contributed by atoms with Crippen molar-refractivity contribution < 1.29 is 12.8 Å². The number of piperidine rings is 1. The first-order valence-electron chi connectivity index (χ1n) is 7.16. The fraction of sp³-hybridized carbons (Fsp3) is 0.571. The Hall–Kier alpha value is -0.110. The fourth-order valence-corrected chi connectivity index (χ4v) is 4.82. The molecule has 1 aromatic carbocycles. The van der Waals surface area contributed by atoms with Crippen LogP contribution in [0, 0.1) is 11.7 Å². The Morgan fingerprint density at radius 2 is 1.91 bits per heavy atom. The van der Waals surface area contributed by atoms with Crippen LogP contribution in [0.2, 0.25) is 10.0 Å². The predicted octanol–water partition coefficient (Wildman–Crippen LogP) is 3.56. The van der Waals surface area contributed by atoms with Crippen molar-refractivity contribution in [3.05, 3.63) is 28.0 Å². The molecule has 0 amide bonds. The zero-order valence-corrected chi connectivity index (χ0v) is 15.8. The fourth-order valence-electron chi connectivity index (χ4n) is 2.63. The summed E-state index contributed by atoms with van der Waals surface area (Å²) in [6, 6.07) is 2.48. The molecule has 23 heavy (non-hydrogen) atoms. The van der Waals surface area contributed by atoms with Crippen molar-refractivity contribution >= 4 is 45.6 Å². The molecule has 0 saturated carbocycles. The molecular weight excluding hydrogens is 386 g/mol. The summed E-state index contributed by atoms with van der Waals surface area (Å²) in [5, 5.41) is 2.47. The molecule has 1 heterocycles. The largest absolute Gasteiger partial charge is 0.320 e. The number of rotatable bonds is 5. The SMILES string of the molecule is CNCCC1CCN(S(=O)(=O)c2ccc(Cl)c(F)c2Cl)CC1.Cl. The van der Waals surface area contributed by atoms with Crippen molar-refractivity contribution in [1.29, 1.82) is 0 Å². The molecule has 1 aliphatic rings. The lowest BCUT2D eigenvalue weighted by molar-refractivity contribution is 0.263. The van der Waals surface area contributed by atoms with Crippen LogP contribution in [0.3, 0.4) is 0 Å². The number of sulfonamides is 1. The van der Waals surface area contributed by atoms with E-state index in [0.29, 0.717) is 19.0 Å².